The summed E-state index contributed by atoms with van der Waals surface area (Å²) in [6.45, 7) is 6.85. The van der Waals surface area contributed by atoms with E-state index in [2.05, 4.69) is 25.4 Å². The van der Waals surface area contributed by atoms with Gasteiger partial charge in [-0.3, -0.25) is 9.58 Å². The molecule has 0 amide bonds. The molecular weight excluding hydrogens is 468 g/mol. The third kappa shape index (κ3) is 4.65. The molecule has 5 rings (SSSR count). The summed E-state index contributed by atoms with van der Waals surface area (Å²) in [5.41, 5.74) is 5.25. The van der Waals surface area contributed by atoms with Crippen molar-refractivity contribution in [1.82, 2.24) is 30.0 Å². The Hall–Kier alpha value is -3.31. The first-order chi connectivity index (χ1) is 16.7. The van der Waals surface area contributed by atoms with Crippen molar-refractivity contribution >= 4 is 9.84 Å². The average molecular weight is 497 g/mol. The molecule has 1 atom stereocenters. The van der Waals surface area contributed by atoms with Crippen LogP contribution in [0.4, 0.5) is 0 Å². The van der Waals surface area contributed by atoms with Crippen molar-refractivity contribution in [3.8, 4) is 22.7 Å². The van der Waals surface area contributed by atoms with Gasteiger partial charge in [-0.15, -0.1) is 10.2 Å². The van der Waals surface area contributed by atoms with Crippen LogP contribution in [0.25, 0.3) is 22.7 Å². The van der Waals surface area contributed by atoms with Gasteiger partial charge in [0.05, 0.1) is 29.8 Å². The van der Waals surface area contributed by atoms with Crippen molar-refractivity contribution in [1.29, 1.82) is 0 Å². The Kier molecular flexibility index (Phi) is 6.06. The number of nitrogens with zero attached hydrogens (tertiary/aromatic N) is 6. The highest BCUT2D eigenvalue weighted by Gasteiger charge is 2.31. The maximum atomic E-state index is 11.9. The van der Waals surface area contributed by atoms with Crippen molar-refractivity contribution in [2.75, 3.05) is 18.6 Å². The topological polar surface area (TPSA) is 120 Å². The summed E-state index contributed by atoms with van der Waals surface area (Å²) < 4.78 is 37.2. The second kappa shape index (κ2) is 9.04. The van der Waals surface area contributed by atoms with Crippen molar-refractivity contribution in [3.05, 3.63) is 58.9 Å². The lowest BCUT2D eigenvalue weighted by atomic mass is 10.1. The van der Waals surface area contributed by atoms with Crippen LogP contribution in [-0.2, 0) is 22.9 Å². The van der Waals surface area contributed by atoms with E-state index >= 15 is 0 Å². The van der Waals surface area contributed by atoms with E-state index in [1.54, 1.807) is 0 Å². The molecule has 0 radical (unpaired) electrons. The summed E-state index contributed by atoms with van der Waals surface area (Å²) in [7, 11) is -1.01. The van der Waals surface area contributed by atoms with Gasteiger partial charge in [0.2, 0.25) is 5.89 Å². The minimum atomic E-state index is -2.98. The lowest BCUT2D eigenvalue weighted by Gasteiger charge is -2.15. The molecule has 1 aromatic carbocycles. The summed E-state index contributed by atoms with van der Waals surface area (Å²) >= 11 is 0. The van der Waals surface area contributed by atoms with Gasteiger partial charge in [0, 0.05) is 23.4 Å². The highest BCUT2D eigenvalue weighted by Crippen LogP contribution is 2.33. The molecular formula is C24H28N6O4S. The van der Waals surface area contributed by atoms with E-state index in [0.29, 0.717) is 48.3 Å². The van der Waals surface area contributed by atoms with E-state index in [-0.39, 0.29) is 17.5 Å². The number of benzene rings is 1. The normalized spacial score (nSPS) is 17.5. The van der Waals surface area contributed by atoms with Crippen molar-refractivity contribution in [3.63, 3.8) is 0 Å². The van der Waals surface area contributed by atoms with Gasteiger partial charge in [0.1, 0.15) is 17.0 Å². The molecule has 0 N–H and O–H groups in total. The zero-order valence-corrected chi connectivity index (χ0v) is 21.0. The minimum Gasteiger partial charge on any atom is -0.419 e. The number of hydrogen-bond acceptors (Lipinski definition) is 9. The third-order valence-corrected chi connectivity index (χ3v) is 8.20. The van der Waals surface area contributed by atoms with E-state index < -0.39 is 9.84 Å². The van der Waals surface area contributed by atoms with Crippen molar-refractivity contribution in [2.45, 2.75) is 46.3 Å². The third-order valence-electron chi connectivity index (χ3n) is 6.45. The molecule has 10 nitrogen and oxygen atoms in total. The summed E-state index contributed by atoms with van der Waals surface area (Å²) in [5.74, 6) is 1.84. The standard InChI is InChI=1S/C24H28N6O4S/c1-15-20(16(2)30(27-15)19-10-11-35(31,32)14-19)12-29(4)13-21-25-26-24(33-21)22-17(3)34-28-23(22)18-8-6-5-7-9-18/h5-9,19H,10-14H2,1-4H3/t19-/m1/s1. The molecule has 0 bridgehead atoms. The SMILES string of the molecule is Cc1nn([C@@H]2CCS(=O)(=O)C2)c(C)c1CN(C)Cc1nnc(-c2c(-c3ccccc3)noc2C)o1. The van der Waals surface area contributed by atoms with E-state index in [1.807, 2.05) is 62.8 Å². The summed E-state index contributed by atoms with van der Waals surface area (Å²) in [4.78, 5) is 2.07. The van der Waals surface area contributed by atoms with Gasteiger partial charge in [0.25, 0.3) is 5.89 Å². The molecule has 4 aromatic rings. The molecule has 0 saturated carbocycles. The average Bonchev–Trinajstić information content (AvgIpc) is 3.58. The van der Waals surface area contributed by atoms with E-state index in [9.17, 15) is 8.42 Å². The van der Waals surface area contributed by atoms with Crippen LogP contribution in [0.15, 0.2) is 39.3 Å². The Balaban J connectivity index is 1.32. The van der Waals surface area contributed by atoms with Crippen molar-refractivity contribution in [2.24, 2.45) is 0 Å². The maximum Gasteiger partial charge on any atom is 0.253 e. The number of sulfone groups is 1. The fourth-order valence-electron chi connectivity index (χ4n) is 4.64. The van der Waals surface area contributed by atoms with Crippen LogP contribution in [0, 0.1) is 20.8 Å². The first kappa shape index (κ1) is 23.4. The van der Waals surface area contributed by atoms with Gasteiger partial charge in [-0.1, -0.05) is 35.5 Å². The predicted octanol–water partition coefficient (Wildman–Crippen LogP) is 3.50. The van der Waals surface area contributed by atoms with Gasteiger partial charge in [-0.05, 0) is 34.2 Å². The van der Waals surface area contributed by atoms with Crippen LogP contribution in [-0.4, -0.2) is 57.0 Å². The summed E-state index contributed by atoms with van der Waals surface area (Å²) in [5, 5.41) is 17.3. The molecule has 1 aliphatic rings. The number of aryl methyl sites for hydroxylation is 2. The van der Waals surface area contributed by atoms with Crippen LogP contribution in [0.1, 0.15) is 41.1 Å². The molecule has 184 valence electrons. The minimum absolute atomic E-state index is 0.0955. The molecule has 0 unspecified atom stereocenters. The fourth-order valence-corrected chi connectivity index (χ4v) is 6.33. The van der Waals surface area contributed by atoms with Crippen LogP contribution < -0.4 is 0 Å². The monoisotopic (exact) mass is 496 g/mol. The van der Waals surface area contributed by atoms with E-state index in [1.165, 1.54) is 0 Å². The smallest absolute Gasteiger partial charge is 0.253 e. The Bertz CT molecular complexity index is 1450. The highest BCUT2D eigenvalue weighted by molar-refractivity contribution is 7.91. The Morgan fingerprint density at radius 3 is 2.60 bits per heavy atom. The molecule has 1 aliphatic heterocycles. The second-order valence-corrected chi connectivity index (χ2v) is 11.4. The molecule has 3 aromatic heterocycles. The van der Waals surface area contributed by atoms with Gasteiger partial charge in [-0.25, -0.2) is 8.42 Å². The maximum absolute atomic E-state index is 11.9. The summed E-state index contributed by atoms with van der Waals surface area (Å²) in [6.07, 6.45) is 0.609. The van der Waals surface area contributed by atoms with Crippen LogP contribution in [0.2, 0.25) is 0 Å². The van der Waals surface area contributed by atoms with Gasteiger partial charge < -0.3 is 8.94 Å². The number of hydrogen-bond donors (Lipinski definition) is 0. The molecule has 11 heteroatoms. The Morgan fingerprint density at radius 2 is 1.89 bits per heavy atom. The van der Waals surface area contributed by atoms with Gasteiger partial charge >= 0.3 is 0 Å². The molecule has 1 saturated heterocycles. The summed E-state index contributed by atoms with van der Waals surface area (Å²) in [6, 6.07) is 9.64. The van der Waals surface area contributed by atoms with E-state index in [0.717, 1.165) is 22.5 Å². The number of rotatable bonds is 7. The second-order valence-electron chi connectivity index (χ2n) is 9.15. The largest absolute Gasteiger partial charge is 0.419 e. The molecule has 0 spiro atoms. The van der Waals surface area contributed by atoms with Crippen LogP contribution in [0.3, 0.4) is 0 Å². The van der Waals surface area contributed by atoms with Gasteiger partial charge in [0.15, 0.2) is 9.84 Å². The number of aromatic nitrogens is 5. The first-order valence-corrected chi connectivity index (χ1v) is 13.3. The van der Waals surface area contributed by atoms with E-state index in [4.69, 9.17) is 8.94 Å². The lowest BCUT2D eigenvalue weighted by Crippen LogP contribution is -2.19. The lowest BCUT2D eigenvalue weighted by molar-refractivity contribution is 0.281. The molecule has 1 fully saturated rings. The van der Waals surface area contributed by atoms with Gasteiger partial charge in [-0.2, -0.15) is 5.10 Å². The molecule has 35 heavy (non-hydrogen) atoms. The quantitative estimate of drug-likeness (QED) is 0.378. The zero-order valence-electron chi connectivity index (χ0n) is 20.2. The Morgan fingerprint density at radius 1 is 1.11 bits per heavy atom. The van der Waals surface area contributed by atoms with Crippen molar-refractivity contribution < 1.29 is 17.4 Å². The van der Waals surface area contributed by atoms with Crippen LogP contribution >= 0.6 is 0 Å². The predicted molar refractivity (Wildman–Crippen MR) is 129 cm³/mol. The first-order valence-electron chi connectivity index (χ1n) is 11.5. The van der Waals surface area contributed by atoms with Crippen LogP contribution in [0.5, 0.6) is 0 Å². The fraction of sp³-hybridized carbons (Fsp3) is 0.417. The highest BCUT2D eigenvalue weighted by atomic mass is 32.2. The zero-order chi connectivity index (χ0) is 24.7. The molecule has 0 aliphatic carbocycles. The molecule has 4 heterocycles. The Labute approximate surface area is 203 Å².